The van der Waals surface area contributed by atoms with Crippen LogP contribution in [0.3, 0.4) is 0 Å². The van der Waals surface area contributed by atoms with Crippen LogP contribution in [0.1, 0.15) is 28.9 Å². The lowest BCUT2D eigenvalue weighted by molar-refractivity contribution is 0.0614. The third-order valence-corrected chi connectivity index (χ3v) is 6.60. The van der Waals surface area contributed by atoms with Crippen molar-refractivity contribution in [2.45, 2.75) is 19.9 Å². The summed E-state index contributed by atoms with van der Waals surface area (Å²) in [5.74, 6) is 0.852. The molecule has 1 aliphatic heterocycles. The molecule has 33 heavy (non-hydrogen) atoms. The van der Waals surface area contributed by atoms with E-state index in [4.69, 9.17) is 4.52 Å². The maximum absolute atomic E-state index is 13.3. The number of carbonyl (C=O) groups is 1. The van der Waals surface area contributed by atoms with Crippen molar-refractivity contribution < 1.29 is 13.7 Å². The molecule has 10 heteroatoms. The summed E-state index contributed by atoms with van der Waals surface area (Å²) in [5, 5.41) is 10.4. The maximum Gasteiger partial charge on any atom is 0.257 e. The molecule has 1 fully saturated rings. The standard InChI is InChI=1S/C23H23FN6O2S/c1-2-19-18(14-25-30(19)17-7-5-16(24)6-8-17)23(31)29-11-9-28(10-12-29)15-21-26-22(27-32-21)20-4-3-13-33-20/h3-8,13-14H,2,9-12,15H2,1H3. The van der Waals surface area contributed by atoms with E-state index in [1.54, 1.807) is 34.3 Å². The molecule has 1 aromatic carbocycles. The molecular weight excluding hydrogens is 443 g/mol. The van der Waals surface area contributed by atoms with Crippen LogP contribution in [0, 0.1) is 5.82 Å². The van der Waals surface area contributed by atoms with Crippen LogP contribution in [-0.4, -0.2) is 61.8 Å². The number of amides is 1. The van der Waals surface area contributed by atoms with Gasteiger partial charge < -0.3 is 9.42 Å². The molecule has 0 spiro atoms. The molecule has 3 aromatic heterocycles. The Kier molecular flexibility index (Phi) is 6.01. The normalized spacial score (nSPS) is 14.7. The summed E-state index contributed by atoms with van der Waals surface area (Å²) in [6, 6.07) is 10.0. The molecule has 1 saturated heterocycles. The van der Waals surface area contributed by atoms with E-state index in [2.05, 4.69) is 20.1 Å². The fourth-order valence-corrected chi connectivity index (χ4v) is 4.64. The summed E-state index contributed by atoms with van der Waals surface area (Å²) in [6.07, 6.45) is 2.25. The highest BCUT2D eigenvalue weighted by Crippen LogP contribution is 2.22. The van der Waals surface area contributed by atoms with E-state index >= 15 is 0 Å². The molecule has 4 aromatic rings. The van der Waals surface area contributed by atoms with Crippen molar-refractivity contribution in [3.05, 3.63) is 70.9 Å². The maximum atomic E-state index is 13.3. The smallest absolute Gasteiger partial charge is 0.257 e. The third-order valence-electron chi connectivity index (χ3n) is 5.73. The van der Waals surface area contributed by atoms with Crippen LogP contribution in [0.15, 0.2) is 52.5 Å². The van der Waals surface area contributed by atoms with Gasteiger partial charge in [0.25, 0.3) is 5.91 Å². The van der Waals surface area contributed by atoms with E-state index in [-0.39, 0.29) is 11.7 Å². The van der Waals surface area contributed by atoms with Gasteiger partial charge in [-0.2, -0.15) is 10.1 Å². The Labute approximate surface area is 194 Å². The number of piperazine rings is 1. The molecule has 4 heterocycles. The zero-order valence-electron chi connectivity index (χ0n) is 18.1. The van der Waals surface area contributed by atoms with Crippen LogP contribution in [-0.2, 0) is 13.0 Å². The van der Waals surface area contributed by atoms with Crippen molar-refractivity contribution in [1.82, 2.24) is 29.7 Å². The summed E-state index contributed by atoms with van der Waals surface area (Å²) in [5.41, 5.74) is 2.15. The summed E-state index contributed by atoms with van der Waals surface area (Å²) in [7, 11) is 0. The fraction of sp³-hybridized carbons (Fsp3) is 0.304. The van der Waals surface area contributed by atoms with Gasteiger partial charge in [0.2, 0.25) is 11.7 Å². The van der Waals surface area contributed by atoms with Gasteiger partial charge in [-0.3, -0.25) is 9.69 Å². The number of benzene rings is 1. The number of hydrogen-bond donors (Lipinski definition) is 0. The molecule has 0 atom stereocenters. The molecular formula is C23H23FN6O2S. The minimum atomic E-state index is -0.304. The summed E-state index contributed by atoms with van der Waals surface area (Å²) >= 11 is 1.57. The van der Waals surface area contributed by atoms with Gasteiger partial charge in [0, 0.05) is 26.2 Å². The first-order chi connectivity index (χ1) is 16.1. The zero-order valence-corrected chi connectivity index (χ0v) is 19.0. The van der Waals surface area contributed by atoms with Crippen molar-refractivity contribution in [1.29, 1.82) is 0 Å². The van der Waals surface area contributed by atoms with Gasteiger partial charge in [0.15, 0.2) is 0 Å². The minimum Gasteiger partial charge on any atom is -0.338 e. The SMILES string of the molecule is CCc1c(C(=O)N2CCN(Cc3nc(-c4cccs4)no3)CC2)cnn1-c1ccc(F)cc1. The largest absolute Gasteiger partial charge is 0.338 e. The van der Waals surface area contributed by atoms with Gasteiger partial charge in [-0.1, -0.05) is 18.1 Å². The lowest BCUT2D eigenvalue weighted by atomic mass is 10.1. The van der Waals surface area contributed by atoms with E-state index in [1.807, 2.05) is 29.3 Å². The van der Waals surface area contributed by atoms with Crippen molar-refractivity contribution in [2.24, 2.45) is 0 Å². The first-order valence-electron chi connectivity index (χ1n) is 10.8. The van der Waals surface area contributed by atoms with Gasteiger partial charge >= 0.3 is 0 Å². The number of thiophene rings is 1. The lowest BCUT2D eigenvalue weighted by Gasteiger charge is -2.33. The van der Waals surface area contributed by atoms with Gasteiger partial charge in [-0.05, 0) is 42.1 Å². The molecule has 0 saturated carbocycles. The second kappa shape index (κ2) is 9.24. The average Bonchev–Trinajstić information content (AvgIpc) is 3.60. The van der Waals surface area contributed by atoms with Crippen LogP contribution >= 0.6 is 11.3 Å². The fourth-order valence-electron chi connectivity index (χ4n) is 3.99. The molecule has 0 radical (unpaired) electrons. The number of nitrogens with zero attached hydrogens (tertiary/aromatic N) is 6. The molecule has 0 aliphatic carbocycles. The Hall–Kier alpha value is -3.37. The van der Waals surface area contributed by atoms with Gasteiger partial charge in [0.1, 0.15) is 5.82 Å². The Morgan fingerprint density at radius 1 is 1.15 bits per heavy atom. The predicted octanol–water partition coefficient (Wildman–Crippen LogP) is 3.64. The number of hydrogen-bond acceptors (Lipinski definition) is 7. The topological polar surface area (TPSA) is 80.3 Å². The van der Waals surface area contributed by atoms with Gasteiger partial charge in [0.05, 0.1) is 34.6 Å². The van der Waals surface area contributed by atoms with Crippen molar-refractivity contribution in [3.8, 4) is 16.4 Å². The van der Waals surface area contributed by atoms with Crippen molar-refractivity contribution >= 4 is 17.2 Å². The highest BCUT2D eigenvalue weighted by molar-refractivity contribution is 7.13. The number of aromatic nitrogens is 4. The van der Waals surface area contributed by atoms with Crippen LogP contribution in [0.25, 0.3) is 16.4 Å². The number of halogens is 1. The highest BCUT2D eigenvalue weighted by atomic mass is 32.1. The first kappa shape index (κ1) is 21.5. The highest BCUT2D eigenvalue weighted by Gasteiger charge is 2.26. The molecule has 170 valence electrons. The second-order valence-electron chi connectivity index (χ2n) is 7.80. The van der Waals surface area contributed by atoms with Gasteiger partial charge in [-0.25, -0.2) is 9.07 Å². The van der Waals surface area contributed by atoms with E-state index < -0.39 is 0 Å². The quantitative estimate of drug-likeness (QED) is 0.432. The first-order valence-corrected chi connectivity index (χ1v) is 11.7. The Morgan fingerprint density at radius 2 is 1.94 bits per heavy atom. The van der Waals surface area contributed by atoms with Crippen LogP contribution in [0.2, 0.25) is 0 Å². The minimum absolute atomic E-state index is 0.0300. The van der Waals surface area contributed by atoms with Crippen LogP contribution in [0.5, 0.6) is 0 Å². The Balaban J connectivity index is 1.22. The molecule has 0 bridgehead atoms. The third kappa shape index (κ3) is 4.44. The van der Waals surface area contributed by atoms with E-state index in [9.17, 15) is 9.18 Å². The van der Waals surface area contributed by atoms with Gasteiger partial charge in [-0.15, -0.1) is 11.3 Å². The number of carbonyl (C=O) groups excluding carboxylic acids is 1. The number of rotatable bonds is 6. The summed E-state index contributed by atoms with van der Waals surface area (Å²) in [6.45, 7) is 5.20. The average molecular weight is 467 g/mol. The summed E-state index contributed by atoms with van der Waals surface area (Å²) < 4.78 is 20.4. The zero-order chi connectivity index (χ0) is 22.8. The van der Waals surface area contributed by atoms with Crippen LogP contribution < -0.4 is 0 Å². The second-order valence-corrected chi connectivity index (χ2v) is 8.75. The molecule has 8 nitrogen and oxygen atoms in total. The monoisotopic (exact) mass is 466 g/mol. The lowest BCUT2D eigenvalue weighted by Crippen LogP contribution is -2.48. The van der Waals surface area contributed by atoms with E-state index in [0.29, 0.717) is 43.3 Å². The molecule has 0 N–H and O–H groups in total. The Bertz CT molecular complexity index is 1230. The van der Waals surface area contributed by atoms with Crippen LogP contribution in [0.4, 0.5) is 4.39 Å². The molecule has 1 aliphatic rings. The predicted molar refractivity (Wildman–Crippen MR) is 122 cm³/mol. The summed E-state index contributed by atoms with van der Waals surface area (Å²) in [4.78, 5) is 22.8. The molecule has 5 rings (SSSR count). The van der Waals surface area contributed by atoms with Crippen molar-refractivity contribution in [3.63, 3.8) is 0 Å². The van der Waals surface area contributed by atoms with E-state index in [1.165, 1.54) is 12.1 Å². The van der Waals surface area contributed by atoms with E-state index in [0.717, 1.165) is 29.3 Å². The molecule has 1 amide bonds. The van der Waals surface area contributed by atoms with Crippen molar-refractivity contribution in [2.75, 3.05) is 26.2 Å². The molecule has 0 unspecified atom stereocenters. The Morgan fingerprint density at radius 3 is 2.64 bits per heavy atom.